The number of alkyl halides is 2. The Balaban J connectivity index is 1.64. The molecule has 1 unspecified atom stereocenters. The fourth-order valence-electron chi connectivity index (χ4n) is 6.06. The molecule has 0 bridgehead atoms. The Bertz CT molecular complexity index is 1520. The number of aliphatic hydroxyl groups excluding tert-OH is 1. The summed E-state index contributed by atoms with van der Waals surface area (Å²) >= 11 is 0. The van der Waals surface area contributed by atoms with E-state index in [2.05, 4.69) is 31.1 Å². The quantitative estimate of drug-likeness (QED) is 0.382. The lowest BCUT2D eigenvalue weighted by atomic mass is 9.87. The zero-order chi connectivity index (χ0) is 30.9. The van der Waals surface area contributed by atoms with Crippen molar-refractivity contribution in [3.63, 3.8) is 0 Å². The first-order valence-electron chi connectivity index (χ1n) is 14.7. The molecule has 3 atom stereocenters. The lowest BCUT2D eigenvalue weighted by molar-refractivity contribution is -0.129. The van der Waals surface area contributed by atoms with Crippen LogP contribution in [0.1, 0.15) is 70.0 Å². The van der Waals surface area contributed by atoms with E-state index in [-0.39, 0.29) is 44.1 Å². The molecule has 2 aromatic carbocycles. The predicted octanol–water partition coefficient (Wildman–Crippen LogP) is 5.22. The van der Waals surface area contributed by atoms with E-state index in [4.69, 9.17) is 0 Å². The Morgan fingerprint density at radius 1 is 1.12 bits per heavy atom. The molecule has 1 aliphatic carbocycles. The van der Waals surface area contributed by atoms with Gasteiger partial charge in [0, 0.05) is 54.3 Å². The molecule has 226 valence electrons. The number of amides is 2. The van der Waals surface area contributed by atoms with E-state index in [0.717, 1.165) is 10.9 Å². The van der Waals surface area contributed by atoms with Crippen molar-refractivity contribution in [1.82, 2.24) is 15.2 Å². The Kier molecular flexibility index (Phi) is 8.39. The highest BCUT2D eigenvalue weighted by Gasteiger charge is 2.44. The summed E-state index contributed by atoms with van der Waals surface area (Å²) in [4.78, 5) is 35.9. The molecule has 8 nitrogen and oxygen atoms in total. The minimum atomic E-state index is -2.76. The number of rotatable bonds is 6. The number of nitriles is 1. The zero-order valence-electron chi connectivity index (χ0n) is 24.6. The number of carbonyl (C=O) groups excluding carboxylic acids is 2. The molecule has 10 heteroatoms. The van der Waals surface area contributed by atoms with Crippen LogP contribution in [-0.4, -0.2) is 57.5 Å². The van der Waals surface area contributed by atoms with Crippen LogP contribution >= 0.6 is 0 Å². The van der Waals surface area contributed by atoms with Gasteiger partial charge in [-0.15, -0.1) is 0 Å². The van der Waals surface area contributed by atoms with Gasteiger partial charge in [0.05, 0.1) is 12.6 Å². The van der Waals surface area contributed by atoms with Crippen LogP contribution in [0.5, 0.6) is 0 Å². The van der Waals surface area contributed by atoms with E-state index in [9.17, 15) is 28.7 Å². The molecule has 3 aromatic rings. The van der Waals surface area contributed by atoms with Crippen LogP contribution in [-0.2, 0) is 15.0 Å². The molecule has 5 rings (SSSR count). The van der Waals surface area contributed by atoms with E-state index in [1.807, 2.05) is 42.6 Å². The first-order chi connectivity index (χ1) is 20.4. The van der Waals surface area contributed by atoms with Crippen LogP contribution in [0.15, 0.2) is 60.9 Å². The SMILES string of the molecule is CC(C)(C)c1ccc(N(C(=O)[C@H]2C[C@@H](O)CN2C#N)C(C(=O)NC2CCC(F)(F)CC2)c2cncc3ccccc23)cc1. The Morgan fingerprint density at radius 3 is 2.44 bits per heavy atom. The fourth-order valence-corrected chi connectivity index (χ4v) is 6.06. The molecule has 2 heterocycles. The second-order valence-corrected chi connectivity index (χ2v) is 12.7. The minimum absolute atomic E-state index is 0.00663. The smallest absolute Gasteiger partial charge is 0.251 e. The van der Waals surface area contributed by atoms with Gasteiger partial charge in [-0.1, -0.05) is 57.2 Å². The van der Waals surface area contributed by atoms with Crippen LogP contribution < -0.4 is 10.2 Å². The minimum Gasteiger partial charge on any atom is -0.391 e. The van der Waals surface area contributed by atoms with Crippen LogP contribution in [0.3, 0.4) is 0 Å². The van der Waals surface area contributed by atoms with Crippen molar-refractivity contribution in [1.29, 1.82) is 5.26 Å². The van der Waals surface area contributed by atoms with Gasteiger partial charge >= 0.3 is 0 Å². The molecular formula is C33H37F2N5O3. The molecule has 0 spiro atoms. The third kappa shape index (κ3) is 6.47. The topological polar surface area (TPSA) is 110 Å². The highest BCUT2D eigenvalue weighted by molar-refractivity contribution is 6.05. The average Bonchev–Trinajstić information content (AvgIpc) is 3.36. The van der Waals surface area contributed by atoms with Gasteiger partial charge in [0.2, 0.25) is 11.8 Å². The maximum atomic E-state index is 14.5. The van der Waals surface area contributed by atoms with Crippen molar-refractivity contribution in [3.8, 4) is 6.19 Å². The summed E-state index contributed by atoms with van der Waals surface area (Å²) < 4.78 is 27.9. The Morgan fingerprint density at radius 2 is 1.79 bits per heavy atom. The van der Waals surface area contributed by atoms with E-state index in [1.165, 1.54) is 9.80 Å². The summed E-state index contributed by atoms with van der Waals surface area (Å²) in [6.07, 6.45) is 3.97. The molecule has 2 amide bonds. The predicted molar refractivity (Wildman–Crippen MR) is 159 cm³/mol. The van der Waals surface area contributed by atoms with E-state index in [1.54, 1.807) is 24.5 Å². The summed E-state index contributed by atoms with van der Waals surface area (Å²) in [5, 5.41) is 24.6. The van der Waals surface area contributed by atoms with Crippen molar-refractivity contribution in [3.05, 3.63) is 72.1 Å². The van der Waals surface area contributed by atoms with Crippen molar-refractivity contribution in [2.24, 2.45) is 0 Å². The number of carbonyl (C=O) groups is 2. The molecule has 2 aliphatic rings. The number of fused-ring (bicyclic) bond motifs is 1. The third-order valence-electron chi connectivity index (χ3n) is 8.51. The second-order valence-electron chi connectivity index (χ2n) is 12.7. The largest absolute Gasteiger partial charge is 0.391 e. The molecule has 1 saturated heterocycles. The summed E-state index contributed by atoms with van der Waals surface area (Å²) in [6.45, 7) is 6.22. The molecule has 1 saturated carbocycles. The van der Waals surface area contributed by atoms with E-state index < -0.39 is 42.0 Å². The van der Waals surface area contributed by atoms with Crippen molar-refractivity contribution < 1.29 is 23.5 Å². The normalized spacial score (nSPS) is 21.3. The van der Waals surface area contributed by atoms with Crippen LogP contribution in [0.4, 0.5) is 14.5 Å². The van der Waals surface area contributed by atoms with Gasteiger partial charge < -0.3 is 10.4 Å². The molecule has 2 N–H and O–H groups in total. The lowest BCUT2D eigenvalue weighted by Gasteiger charge is -2.36. The molecule has 0 radical (unpaired) electrons. The van der Waals surface area contributed by atoms with E-state index in [0.29, 0.717) is 16.6 Å². The number of nitrogens with one attached hydrogen (secondary N) is 1. The van der Waals surface area contributed by atoms with Crippen LogP contribution in [0, 0.1) is 11.5 Å². The number of hydrogen-bond donors (Lipinski definition) is 2. The fraction of sp³-hybridized carbons (Fsp3) is 0.455. The molecule has 2 fully saturated rings. The number of aromatic nitrogens is 1. The molecule has 1 aromatic heterocycles. The third-order valence-corrected chi connectivity index (χ3v) is 8.51. The molecule has 43 heavy (non-hydrogen) atoms. The second kappa shape index (κ2) is 11.9. The number of nitrogens with zero attached hydrogens (tertiary/aromatic N) is 4. The Labute approximate surface area is 250 Å². The molecular weight excluding hydrogens is 552 g/mol. The number of hydrogen-bond acceptors (Lipinski definition) is 6. The Hall–Kier alpha value is -4.10. The van der Waals surface area contributed by atoms with Crippen LogP contribution in [0.25, 0.3) is 10.8 Å². The number of benzene rings is 2. The van der Waals surface area contributed by atoms with Crippen molar-refractivity contribution >= 4 is 28.3 Å². The number of β-amino-alcohol motifs (C(OH)–C–C–N with tert-alkyl or cyclic N) is 1. The maximum Gasteiger partial charge on any atom is 0.251 e. The van der Waals surface area contributed by atoms with Gasteiger partial charge in [-0.2, -0.15) is 5.26 Å². The monoisotopic (exact) mass is 589 g/mol. The highest BCUT2D eigenvalue weighted by Crippen LogP contribution is 2.37. The standard InChI is InChI=1S/C33H37F2N5O3/c1-32(2,3)22-8-10-24(11-9-22)40(31(43)28-16-25(41)19-39(28)20-36)29(27-18-37-17-21-6-4-5-7-26(21)27)30(42)38-23-12-14-33(34,35)15-13-23/h4-11,17-18,23,25,28-29,41H,12-16,19H2,1-3H3,(H,38,42)/t25-,28-,29?/m1/s1. The number of pyridine rings is 1. The average molecular weight is 590 g/mol. The maximum absolute atomic E-state index is 14.5. The highest BCUT2D eigenvalue weighted by atomic mass is 19.3. The zero-order valence-corrected chi connectivity index (χ0v) is 24.6. The summed E-state index contributed by atoms with van der Waals surface area (Å²) in [7, 11) is 0. The molecule has 1 aliphatic heterocycles. The summed E-state index contributed by atoms with van der Waals surface area (Å²) in [6, 6.07) is 12.0. The van der Waals surface area contributed by atoms with Crippen molar-refractivity contribution in [2.45, 2.75) is 88.4 Å². The summed E-state index contributed by atoms with van der Waals surface area (Å²) in [5.74, 6) is -3.81. The van der Waals surface area contributed by atoms with Gasteiger partial charge in [-0.3, -0.25) is 24.4 Å². The van der Waals surface area contributed by atoms with Gasteiger partial charge in [0.25, 0.3) is 5.91 Å². The first kappa shape index (κ1) is 30.4. The van der Waals surface area contributed by atoms with E-state index >= 15 is 0 Å². The number of anilines is 1. The van der Waals surface area contributed by atoms with Gasteiger partial charge in [0.15, 0.2) is 6.19 Å². The van der Waals surface area contributed by atoms with Gasteiger partial charge in [-0.05, 0) is 41.3 Å². The first-order valence-corrected chi connectivity index (χ1v) is 14.7. The van der Waals surface area contributed by atoms with Gasteiger partial charge in [0.1, 0.15) is 12.1 Å². The number of likely N-dealkylation sites (tertiary alicyclic amines) is 1. The van der Waals surface area contributed by atoms with Crippen LogP contribution in [0.2, 0.25) is 0 Å². The number of aliphatic hydroxyl groups is 1. The summed E-state index contributed by atoms with van der Waals surface area (Å²) in [5.41, 5.74) is 1.75. The van der Waals surface area contributed by atoms with Gasteiger partial charge in [-0.25, -0.2) is 8.78 Å². The van der Waals surface area contributed by atoms with Crippen molar-refractivity contribution in [2.75, 3.05) is 11.4 Å². The lowest BCUT2D eigenvalue weighted by Crippen LogP contribution is -2.52. The number of halogens is 2.